The molecule has 0 aliphatic heterocycles. The van der Waals surface area contributed by atoms with Gasteiger partial charge in [0.2, 0.25) is 5.95 Å². The Kier molecular flexibility index (Phi) is 3.19. The van der Waals surface area contributed by atoms with E-state index >= 15 is 0 Å². The van der Waals surface area contributed by atoms with Crippen molar-refractivity contribution in [3.63, 3.8) is 0 Å². The minimum Gasteiger partial charge on any atom is -0.346 e. The Morgan fingerprint density at radius 1 is 1.13 bits per heavy atom. The SMILES string of the molecule is Fc1ccc2nc(CNc3nnnn3-c3ccccc3)[nH]c2c1. The first-order valence-electron chi connectivity index (χ1n) is 7.01. The number of fused-ring (bicyclic) bond motifs is 1. The Balaban J connectivity index is 1.56. The molecule has 4 rings (SSSR count). The summed E-state index contributed by atoms with van der Waals surface area (Å²) in [5, 5.41) is 14.7. The quantitative estimate of drug-likeness (QED) is 0.604. The number of rotatable bonds is 4. The first-order chi connectivity index (χ1) is 11.3. The van der Waals surface area contributed by atoms with E-state index in [9.17, 15) is 4.39 Å². The molecule has 0 aliphatic rings. The average Bonchev–Trinajstić information content (AvgIpc) is 3.19. The van der Waals surface area contributed by atoms with E-state index in [1.165, 1.54) is 12.1 Å². The first-order valence-corrected chi connectivity index (χ1v) is 7.01. The lowest BCUT2D eigenvalue weighted by molar-refractivity contribution is 0.629. The third kappa shape index (κ3) is 2.61. The maximum absolute atomic E-state index is 13.2. The van der Waals surface area contributed by atoms with Crippen molar-refractivity contribution in [1.82, 2.24) is 30.2 Å². The summed E-state index contributed by atoms with van der Waals surface area (Å²) < 4.78 is 14.8. The van der Waals surface area contributed by atoms with Crippen molar-refractivity contribution in [2.24, 2.45) is 0 Å². The summed E-state index contributed by atoms with van der Waals surface area (Å²) >= 11 is 0. The van der Waals surface area contributed by atoms with Crippen LogP contribution in [0.15, 0.2) is 48.5 Å². The van der Waals surface area contributed by atoms with Crippen LogP contribution in [-0.2, 0) is 6.54 Å². The lowest BCUT2D eigenvalue weighted by Crippen LogP contribution is -2.08. The molecule has 0 radical (unpaired) electrons. The molecule has 0 saturated carbocycles. The van der Waals surface area contributed by atoms with E-state index in [0.29, 0.717) is 29.4 Å². The lowest BCUT2D eigenvalue weighted by Gasteiger charge is -2.05. The molecular formula is C15H12FN7. The number of halogens is 1. The van der Waals surface area contributed by atoms with Gasteiger partial charge in [0, 0.05) is 0 Å². The highest BCUT2D eigenvalue weighted by atomic mass is 19.1. The number of benzene rings is 2. The maximum atomic E-state index is 13.2. The van der Waals surface area contributed by atoms with E-state index in [1.54, 1.807) is 10.7 Å². The van der Waals surface area contributed by atoms with Crippen LogP contribution in [0.25, 0.3) is 16.7 Å². The van der Waals surface area contributed by atoms with Crippen molar-refractivity contribution in [2.75, 3.05) is 5.32 Å². The molecule has 2 aromatic carbocycles. The van der Waals surface area contributed by atoms with Crippen molar-refractivity contribution in [1.29, 1.82) is 0 Å². The maximum Gasteiger partial charge on any atom is 0.248 e. The summed E-state index contributed by atoms with van der Waals surface area (Å²) in [5.74, 6) is 0.879. The van der Waals surface area contributed by atoms with E-state index < -0.39 is 0 Å². The summed E-state index contributed by atoms with van der Waals surface area (Å²) in [6.07, 6.45) is 0. The van der Waals surface area contributed by atoms with Crippen LogP contribution in [0.4, 0.5) is 10.3 Å². The number of aromatic nitrogens is 6. The number of H-pyrrole nitrogens is 1. The second kappa shape index (κ2) is 5.48. The summed E-state index contributed by atoms with van der Waals surface area (Å²) in [5.41, 5.74) is 2.22. The second-order valence-electron chi connectivity index (χ2n) is 4.95. The van der Waals surface area contributed by atoms with E-state index in [4.69, 9.17) is 0 Å². The Bertz CT molecular complexity index is 945. The van der Waals surface area contributed by atoms with Crippen LogP contribution >= 0.6 is 0 Å². The third-order valence-corrected chi connectivity index (χ3v) is 3.38. The van der Waals surface area contributed by atoms with Gasteiger partial charge in [0.05, 0.1) is 23.3 Å². The Morgan fingerprint density at radius 2 is 2.00 bits per heavy atom. The van der Waals surface area contributed by atoms with Gasteiger partial charge in [-0.25, -0.2) is 9.37 Å². The van der Waals surface area contributed by atoms with Gasteiger partial charge in [-0.15, -0.1) is 0 Å². The molecule has 0 atom stereocenters. The summed E-state index contributed by atoms with van der Waals surface area (Å²) in [6, 6.07) is 14.0. The predicted molar refractivity (Wildman–Crippen MR) is 82.5 cm³/mol. The normalized spacial score (nSPS) is 11.0. The molecule has 0 bridgehead atoms. The van der Waals surface area contributed by atoms with Gasteiger partial charge < -0.3 is 10.3 Å². The zero-order valence-corrected chi connectivity index (χ0v) is 11.9. The second-order valence-corrected chi connectivity index (χ2v) is 4.95. The fraction of sp³-hybridized carbons (Fsp3) is 0.0667. The van der Waals surface area contributed by atoms with Gasteiger partial charge in [-0.1, -0.05) is 23.3 Å². The number of hydrogen-bond acceptors (Lipinski definition) is 5. The number of tetrazole rings is 1. The minimum absolute atomic E-state index is 0.298. The number of anilines is 1. The summed E-state index contributed by atoms with van der Waals surface area (Å²) in [6.45, 7) is 0.392. The van der Waals surface area contributed by atoms with Gasteiger partial charge in [-0.3, -0.25) is 0 Å². The average molecular weight is 309 g/mol. The predicted octanol–water partition coefficient (Wildman–Crippen LogP) is 2.29. The molecule has 0 amide bonds. The summed E-state index contributed by atoms with van der Waals surface area (Å²) in [7, 11) is 0. The highest BCUT2D eigenvalue weighted by molar-refractivity contribution is 5.74. The molecular weight excluding hydrogens is 297 g/mol. The van der Waals surface area contributed by atoms with Crippen molar-refractivity contribution in [3.05, 3.63) is 60.2 Å². The molecule has 0 saturated heterocycles. The minimum atomic E-state index is -0.298. The highest BCUT2D eigenvalue weighted by Gasteiger charge is 2.09. The van der Waals surface area contributed by atoms with Gasteiger partial charge in [0.25, 0.3) is 0 Å². The number of hydrogen-bond donors (Lipinski definition) is 2. The molecule has 0 unspecified atom stereocenters. The standard InChI is InChI=1S/C15H12FN7/c16-10-6-7-12-13(8-10)19-14(18-12)9-17-15-20-21-22-23(15)11-4-2-1-3-5-11/h1-8H,9H2,(H,18,19)(H,17,20,22). The fourth-order valence-corrected chi connectivity index (χ4v) is 2.32. The van der Waals surface area contributed by atoms with Crippen molar-refractivity contribution in [2.45, 2.75) is 6.54 Å². The zero-order valence-electron chi connectivity index (χ0n) is 11.9. The largest absolute Gasteiger partial charge is 0.346 e. The molecule has 2 N–H and O–H groups in total. The van der Waals surface area contributed by atoms with Crippen LogP contribution in [0.2, 0.25) is 0 Å². The number of nitrogens with zero attached hydrogens (tertiary/aromatic N) is 5. The van der Waals surface area contributed by atoms with Gasteiger partial charge in [0.15, 0.2) is 0 Å². The van der Waals surface area contributed by atoms with Crippen LogP contribution < -0.4 is 5.32 Å². The summed E-state index contributed by atoms with van der Waals surface area (Å²) in [4.78, 5) is 7.46. The van der Waals surface area contributed by atoms with Crippen LogP contribution in [0.3, 0.4) is 0 Å². The number of para-hydroxylation sites is 1. The Morgan fingerprint density at radius 3 is 2.87 bits per heavy atom. The molecule has 7 nitrogen and oxygen atoms in total. The van der Waals surface area contributed by atoms with E-state index in [-0.39, 0.29) is 5.82 Å². The van der Waals surface area contributed by atoms with E-state index in [2.05, 4.69) is 30.8 Å². The van der Waals surface area contributed by atoms with Crippen LogP contribution in [-0.4, -0.2) is 30.2 Å². The van der Waals surface area contributed by atoms with Crippen LogP contribution in [0, 0.1) is 5.82 Å². The fourth-order valence-electron chi connectivity index (χ4n) is 2.32. The molecule has 114 valence electrons. The smallest absolute Gasteiger partial charge is 0.248 e. The number of aromatic amines is 1. The molecule has 0 fully saturated rings. The van der Waals surface area contributed by atoms with Crippen molar-refractivity contribution < 1.29 is 4.39 Å². The molecule has 0 aliphatic carbocycles. The van der Waals surface area contributed by atoms with Gasteiger partial charge in [0.1, 0.15) is 11.6 Å². The van der Waals surface area contributed by atoms with Gasteiger partial charge in [-0.05, 0) is 40.8 Å². The third-order valence-electron chi connectivity index (χ3n) is 3.38. The van der Waals surface area contributed by atoms with Gasteiger partial charge >= 0.3 is 0 Å². The Hall–Kier alpha value is -3.29. The Labute approximate surface area is 130 Å². The highest BCUT2D eigenvalue weighted by Crippen LogP contribution is 2.15. The molecule has 0 spiro atoms. The van der Waals surface area contributed by atoms with Crippen LogP contribution in [0.5, 0.6) is 0 Å². The lowest BCUT2D eigenvalue weighted by atomic mass is 10.3. The topological polar surface area (TPSA) is 84.3 Å². The molecule has 23 heavy (non-hydrogen) atoms. The number of nitrogens with one attached hydrogen (secondary N) is 2. The van der Waals surface area contributed by atoms with E-state index in [1.807, 2.05) is 30.3 Å². The first kappa shape index (κ1) is 13.4. The molecule has 4 aromatic rings. The van der Waals surface area contributed by atoms with Crippen molar-refractivity contribution in [3.8, 4) is 5.69 Å². The van der Waals surface area contributed by atoms with E-state index in [0.717, 1.165) is 5.69 Å². The van der Waals surface area contributed by atoms with Gasteiger partial charge in [-0.2, -0.15) is 4.68 Å². The van der Waals surface area contributed by atoms with Crippen LogP contribution in [0.1, 0.15) is 5.82 Å². The monoisotopic (exact) mass is 309 g/mol. The number of imidazole rings is 1. The molecule has 8 heteroatoms. The van der Waals surface area contributed by atoms with Crippen molar-refractivity contribution >= 4 is 17.0 Å². The molecule has 2 heterocycles. The zero-order chi connectivity index (χ0) is 15.6. The molecule has 2 aromatic heterocycles.